The van der Waals surface area contributed by atoms with Crippen LogP contribution < -0.4 is 5.32 Å². The molecule has 2 fully saturated rings. The van der Waals surface area contributed by atoms with Gasteiger partial charge in [0.05, 0.1) is 0 Å². The maximum atomic E-state index is 12.5. The number of carbonyl (C=O) groups is 1. The maximum Gasteiger partial charge on any atom is 0.270 e. The van der Waals surface area contributed by atoms with Crippen molar-refractivity contribution >= 4 is 11.6 Å². The molecule has 1 saturated heterocycles. The van der Waals surface area contributed by atoms with Gasteiger partial charge in [-0.2, -0.15) is 0 Å². The van der Waals surface area contributed by atoms with Crippen molar-refractivity contribution in [3.8, 4) is 0 Å². The second-order valence-electron chi connectivity index (χ2n) is 8.34. The van der Waals surface area contributed by atoms with Crippen LogP contribution in [0, 0.1) is 5.92 Å². The van der Waals surface area contributed by atoms with Crippen molar-refractivity contribution in [1.82, 2.24) is 10.2 Å². The van der Waals surface area contributed by atoms with E-state index in [4.69, 9.17) is 0 Å². The molecule has 3 rings (SSSR count). The largest absolute Gasteiger partial charge is 0.348 e. The zero-order valence-corrected chi connectivity index (χ0v) is 16.4. The van der Waals surface area contributed by atoms with Crippen molar-refractivity contribution in [2.45, 2.75) is 76.7 Å². The van der Waals surface area contributed by atoms with Crippen LogP contribution in [0.5, 0.6) is 0 Å². The van der Waals surface area contributed by atoms with Gasteiger partial charge in [0.25, 0.3) is 5.91 Å². The quantitative estimate of drug-likeness (QED) is 0.800. The highest BCUT2D eigenvalue weighted by Gasteiger charge is 2.19. The van der Waals surface area contributed by atoms with E-state index in [1.807, 2.05) is 12.3 Å². The minimum absolute atomic E-state index is 0.000896. The molecule has 0 aromatic heterocycles. The molecule has 1 saturated carbocycles. The van der Waals surface area contributed by atoms with E-state index in [0.717, 1.165) is 38.0 Å². The third-order valence-electron chi connectivity index (χ3n) is 6.18. The van der Waals surface area contributed by atoms with Crippen molar-refractivity contribution < 1.29 is 4.79 Å². The van der Waals surface area contributed by atoms with Crippen LogP contribution in [0.4, 0.5) is 0 Å². The van der Waals surface area contributed by atoms with Gasteiger partial charge in [0, 0.05) is 12.2 Å². The summed E-state index contributed by atoms with van der Waals surface area (Å²) >= 11 is 0. The maximum absolute atomic E-state index is 12.5. The third-order valence-corrected chi connectivity index (χ3v) is 6.18. The second kappa shape index (κ2) is 10.1. The van der Waals surface area contributed by atoms with E-state index in [9.17, 15) is 4.79 Å². The summed E-state index contributed by atoms with van der Waals surface area (Å²) in [4.78, 5) is 19.5. The number of carbonyl (C=O) groups excluding carboxylic acids is 1. The lowest BCUT2D eigenvalue weighted by molar-refractivity contribution is -0.115. The molecule has 0 bridgehead atoms. The van der Waals surface area contributed by atoms with Gasteiger partial charge in [-0.15, -0.1) is 0 Å². The summed E-state index contributed by atoms with van der Waals surface area (Å²) in [5, 5.41) is 3.18. The van der Waals surface area contributed by atoms with Gasteiger partial charge in [0.15, 0.2) is 0 Å². The minimum atomic E-state index is 0.000896. The summed E-state index contributed by atoms with van der Waals surface area (Å²) < 4.78 is 0. The molecule has 0 radical (unpaired) electrons. The topological polar surface area (TPSA) is 44.7 Å². The minimum Gasteiger partial charge on any atom is -0.348 e. The van der Waals surface area contributed by atoms with Crippen molar-refractivity contribution in [2.75, 3.05) is 20.1 Å². The molecule has 0 spiro atoms. The summed E-state index contributed by atoms with van der Waals surface area (Å²) in [7, 11) is 2.22. The van der Waals surface area contributed by atoms with E-state index in [-0.39, 0.29) is 5.91 Å². The highest BCUT2D eigenvalue weighted by Crippen LogP contribution is 2.25. The smallest absolute Gasteiger partial charge is 0.270 e. The van der Waals surface area contributed by atoms with E-state index in [0.29, 0.717) is 11.8 Å². The van der Waals surface area contributed by atoms with Crippen molar-refractivity contribution in [3.05, 3.63) is 23.9 Å². The van der Waals surface area contributed by atoms with Gasteiger partial charge >= 0.3 is 0 Å². The van der Waals surface area contributed by atoms with Gasteiger partial charge in [-0.05, 0) is 83.5 Å². The van der Waals surface area contributed by atoms with Crippen LogP contribution in [0.15, 0.2) is 28.9 Å². The van der Waals surface area contributed by atoms with Crippen LogP contribution in [-0.4, -0.2) is 42.7 Å². The van der Waals surface area contributed by atoms with E-state index in [2.05, 4.69) is 28.3 Å². The SMILES string of the molecule is CN1CCC(CCC2=CN=C(C(=O)NC3CCCCC3)C=CCC2)CC1. The van der Waals surface area contributed by atoms with Crippen LogP contribution in [0.1, 0.15) is 70.6 Å². The molecule has 1 aliphatic carbocycles. The predicted octanol–water partition coefficient (Wildman–Crippen LogP) is 4.23. The molecule has 0 aromatic carbocycles. The van der Waals surface area contributed by atoms with Gasteiger partial charge in [-0.25, -0.2) is 0 Å². The summed E-state index contributed by atoms with van der Waals surface area (Å²) in [6.45, 7) is 2.46. The van der Waals surface area contributed by atoms with Crippen LogP contribution in [-0.2, 0) is 4.79 Å². The number of likely N-dealkylation sites (tertiary alicyclic amines) is 1. The second-order valence-corrected chi connectivity index (χ2v) is 8.34. The summed E-state index contributed by atoms with van der Waals surface area (Å²) in [5.74, 6) is 0.854. The number of hydrogen-bond donors (Lipinski definition) is 1. The standard InChI is InChI=1S/C22H35N3O/c1-25-15-13-18(14-16-25)11-12-19-7-5-6-10-21(23-17-19)22(26)24-20-8-3-2-4-9-20/h6,10,17-18,20H,2-5,7-9,11-16H2,1H3,(H,24,26). The van der Waals surface area contributed by atoms with Crippen LogP contribution in [0.25, 0.3) is 0 Å². The summed E-state index contributed by atoms with van der Waals surface area (Å²) in [5.41, 5.74) is 1.98. The Kier molecular flexibility index (Phi) is 7.48. The zero-order chi connectivity index (χ0) is 18.2. The third kappa shape index (κ3) is 6.08. The first-order valence-corrected chi connectivity index (χ1v) is 10.6. The fourth-order valence-electron chi connectivity index (χ4n) is 4.30. The lowest BCUT2D eigenvalue weighted by atomic mass is 9.90. The van der Waals surface area contributed by atoms with Gasteiger partial charge in [0.2, 0.25) is 0 Å². The number of piperidine rings is 1. The molecule has 2 heterocycles. The lowest BCUT2D eigenvalue weighted by Gasteiger charge is -2.29. The Bertz CT molecular complexity index is 550. The first kappa shape index (κ1) is 19.3. The molecule has 0 aromatic rings. The molecule has 2 aliphatic heterocycles. The molecule has 4 heteroatoms. The number of allylic oxidation sites excluding steroid dienone is 2. The molecule has 144 valence electrons. The van der Waals surface area contributed by atoms with Gasteiger partial charge in [-0.3, -0.25) is 9.79 Å². The van der Waals surface area contributed by atoms with Crippen molar-refractivity contribution in [1.29, 1.82) is 0 Å². The fourth-order valence-corrected chi connectivity index (χ4v) is 4.30. The average Bonchev–Trinajstić information content (AvgIpc) is 2.63. The number of hydrogen-bond acceptors (Lipinski definition) is 3. The average molecular weight is 358 g/mol. The highest BCUT2D eigenvalue weighted by atomic mass is 16.1. The Morgan fingerprint density at radius 3 is 2.73 bits per heavy atom. The molecule has 4 nitrogen and oxygen atoms in total. The molecule has 1 N–H and O–H groups in total. The Hall–Kier alpha value is -1.42. The number of amides is 1. The Labute approximate surface area is 158 Å². The molecule has 26 heavy (non-hydrogen) atoms. The zero-order valence-electron chi connectivity index (χ0n) is 16.4. The van der Waals surface area contributed by atoms with E-state index in [1.165, 1.54) is 57.2 Å². The number of nitrogens with one attached hydrogen (secondary N) is 1. The van der Waals surface area contributed by atoms with E-state index in [1.54, 1.807) is 0 Å². The van der Waals surface area contributed by atoms with Crippen LogP contribution in [0.3, 0.4) is 0 Å². The highest BCUT2D eigenvalue weighted by molar-refractivity contribution is 6.43. The fraction of sp³-hybridized carbons (Fsp3) is 0.727. The van der Waals surface area contributed by atoms with Crippen LogP contribution in [0.2, 0.25) is 0 Å². The van der Waals surface area contributed by atoms with Gasteiger partial charge in [-0.1, -0.05) is 30.9 Å². The Morgan fingerprint density at radius 1 is 1.19 bits per heavy atom. The number of nitrogens with zero attached hydrogens (tertiary/aromatic N) is 2. The normalized spacial score (nSPS) is 23.7. The van der Waals surface area contributed by atoms with E-state index < -0.39 is 0 Å². The number of rotatable bonds is 5. The molecule has 0 unspecified atom stereocenters. The molecular formula is C22H35N3O. The van der Waals surface area contributed by atoms with Crippen molar-refractivity contribution in [2.24, 2.45) is 10.9 Å². The molecule has 1 amide bonds. The van der Waals surface area contributed by atoms with Crippen molar-refractivity contribution in [3.63, 3.8) is 0 Å². The van der Waals surface area contributed by atoms with E-state index >= 15 is 0 Å². The van der Waals surface area contributed by atoms with Crippen LogP contribution >= 0.6 is 0 Å². The molecule has 3 aliphatic rings. The van der Waals surface area contributed by atoms with Gasteiger partial charge < -0.3 is 10.2 Å². The predicted molar refractivity (Wildman–Crippen MR) is 108 cm³/mol. The number of aliphatic imine (C=N–C) groups is 1. The lowest BCUT2D eigenvalue weighted by Crippen LogP contribution is -2.39. The first-order valence-electron chi connectivity index (χ1n) is 10.6. The molecular weight excluding hydrogens is 322 g/mol. The monoisotopic (exact) mass is 357 g/mol. The Morgan fingerprint density at radius 2 is 1.96 bits per heavy atom. The first-order chi connectivity index (χ1) is 12.7. The summed E-state index contributed by atoms with van der Waals surface area (Å²) in [6, 6.07) is 0.339. The Balaban J connectivity index is 1.52. The van der Waals surface area contributed by atoms with Gasteiger partial charge in [0.1, 0.15) is 5.71 Å². The molecule has 0 atom stereocenters. The summed E-state index contributed by atoms with van der Waals surface area (Å²) in [6.07, 6.45) is 19.1.